The molecule has 0 radical (unpaired) electrons. The average Bonchev–Trinajstić information content (AvgIpc) is 2.96. The molecule has 176 valence electrons. The van der Waals surface area contributed by atoms with Crippen LogP contribution in [0.1, 0.15) is 43.1 Å². The summed E-state index contributed by atoms with van der Waals surface area (Å²) in [7, 11) is -4.01. The Labute approximate surface area is 198 Å². The molecule has 0 saturated carbocycles. The molecule has 0 bridgehead atoms. The van der Waals surface area contributed by atoms with Gasteiger partial charge in [-0.25, -0.2) is 12.7 Å². The van der Waals surface area contributed by atoms with Crippen LogP contribution in [-0.4, -0.2) is 54.0 Å². The number of carbonyl (C=O) groups excluding carboxylic acids is 3. The summed E-state index contributed by atoms with van der Waals surface area (Å²) in [6, 6.07) is 11.9. The van der Waals surface area contributed by atoms with Gasteiger partial charge in [0.25, 0.3) is 15.9 Å². The number of benzene rings is 2. The van der Waals surface area contributed by atoms with Crippen LogP contribution in [0.15, 0.2) is 53.4 Å². The van der Waals surface area contributed by atoms with Crippen molar-refractivity contribution in [2.24, 2.45) is 0 Å². The Bertz CT molecular complexity index is 1160. The first-order valence-electron chi connectivity index (χ1n) is 10.5. The summed E-state index contributed by atoms with van der Waals surface area (Å²) in [5.41, 5.74) is 0.849. The normalized spacial score (nSPS) is 15.3. The lowest BCUT2D eigenvalue weighted by molar-refractivity contribution is -0.140. The smallest absolute Gasteiger partial charge is 0.269 e. The van der Waals surface area contributed by atoms with Gasteiger partial charge in [0, 0.05) is 30.6 Å². The zero-order valence-electron chi connectivity index (χ0n) is 18.6. The summed E-state index contributed by atoms with van der Waals surface area (Å²) in [6.07, 6.45) is -0.258. The summed E-state index contributed by atoms with van der Waals surface area (Å²) in [6.45, 7) is 5.06. The van der Waals surface area contributed by atoms with Gasteiger partial charge < -0.3 is 10.2 Å². The first kappa shape index (κ1) is 24.7. The Morgan fingerprint density at radius 1 is 1.06 bits per heavy atom. The number of nitrogens with one attached hydrogen (secondary N) is 1. The monoisotopic (exact) mass is 491 g/mol. The van der Waals surface area contributed by atoms with E-state index in [1.165, 1.54) is 17.0 Å². The van der Waals surface area contributed by atoms with Crippen molar-refractivity contribution in [1.82, 2.24) is 14.5 Å². The fourth-order valence-corrected chi connectivity index (χ4v) is 5.26. The van der Waals surface area contributed by atoms with Crippen LogP contribution in [-0.2, 0) is 26.2 Å². The van der Waals surface area contributed by atoms with Crippen LogP contribution in [0.3, 0.4) is 0 Å². The van der Waals surface area contributed by atoms with Crippen molar-refractivity contribution in [3.8, 4) is 0 Å². The van der Waals surface area contributed by atoms with Crippen molar-refractivity contribution >= 4 is 39.3 Å². The molecule has 1 aliphatic heterocycles. The third-order valence-electron chi connectivity index (χ3n) is 5.31. The third kappa shape index (κ3) is 5.36. The molecule has 3 amide bonds. The van der Waals surface area contributed by atoms with Gasteiger partial charge in [0.2, 0.25) is 11.8 Å². The van der Waals surface area contributed by atoms with Gasteiger partial charge in [-0.05, 0) is 50.6 Å². The Balaban J connectivity index is 1.79. The van der Waals surface area contributed by atoms with Crippen molar-refractivity contribution < 1.29 is 22.8 Å². The molecule has 3 rings (SSSR count). The molecule has 0 unspecified atom stereocenters. The van der Waals surface area contributed by atoms with Crippen LogP contribution in [0.5, 0.6) is 0 Å². The lowest BCUT2D eigenvalue weighted by atomic mass is 10.1. The molecule has 10 heteroatoms. The number of nitrogens with zero attached hydrogens (tertiary/aromatic N) is 2. The number of hydrogen-bond acceptors (Lipinski definition) is 5. The van der Waals surface area contributed by atoms with Gasteiger partial charge in [0.05, 0.1) is 5.56 Å². The Morgan fingerprint density at radius 3 is 2.30 bits per heavy atom. The number of carbonyl (C=O) groups is 3. The van der Waals surface area contributed by atoms with Crippen molar-refractivity contribution in [2.75, 3.05) is 6.54 Å². The Kier molecular flexibility index (Phi) is 7.44. The van der Waals surface area contributed by atoms with Crippen molar-refractivity contribution in [3.63, 3.8) is 0 Å². The van der Waals surface area contributed by atoms with E-state index in [0.717, 1.165) is 9.87 Å². The molecule has 1 N–H and O–H groups in total. The molecular weight excluding hydrogens is 466 g/mol. The third-order valence-corrected chi connectivity index (χ3v) is 7.40. The number of hydrogen-bond donors (Lipinski definition) is 1. The van der Waals surface area contributed by atoms with E-state index in [2.05, 4.69) is 5.32 Å². The number of amides is 3. The van der Waals surface area contributed by atoms with Gasteiger partial charge in [-0.1, -0.05) is 35.9 Å². The van der Waals surface area contributed by atoms with Crippen molar-refractivity contribution in [3.05, 3.63) is 64.7 Å². The highest BCUT2D eigenvalue weighted by atomic mass is 35.5. The first-order chi connectivity index (χ1) is 15.5. The summed E-state index contributed by atoms with van der Waals surface area (Å²) in [5, 5.41) is 3.33. The van der Waals surface area contributed by atoms with Gasteiger partial charge in [-0.3, -0.25) is 14.4 Å². The molecular formula is C23H26ClN3O5S. The molecule has 2 aromatic carbocycles. The highest BCUT2D eigenvalue weighted by Crippen LogP contribution is 2.30. The van der Waals surface area contributed by atoms with Crippen LogP contribution in [0.2, 0.25) is 5.02 Å². The zero-order valence-corrected chi connectivity index (χ0v) is 20.2. The van der Waals surface area contributed by atoms with Crippen LogP contribution in [0.25, 0.3) is 0 Å². The highest BCUT2D eigenvalue weighted by Gasteiger charge is 2.41. The molecule has 1 aliphatic rings. The lowest BCUT2D eigenvalue weighted by Crippen LogP contribution is -2.49. The molecule has 0 fully saturated rings. The van der Waals surface area contributed by atoms with Crippen LogP contribution in [0.4, 0.5) is 0 Å². The Morgan fingerprint density at radius 2 is 1.70 bits per heavy atom. The van der Waals surface area contributed by atoms with Gasteiger partial charge >= 0.3 is 0 Å². The number of fused-ring (bicyclic) bond motifs is 1. The maximum absolute atomic E-state index is 13.2. The minimum Gasteiger partial charge on any atom is -0.352 e. The number of sulfonamides is 1. The van der Waals surface area contributed by atoms with E-state index < -0.39 is 27.9 Å². The SMILES string of the molecule is CC(C)NC(=O)[C@H](C)N(Cc1ccc(Cl)cc1)C(=O)CCN1C(=O)c2ccccc2S1(=O)=O. The quantitative estimate of drug-likeness (QED) is 0.611. The largest absolute Gasteiger partial charge is 0.352 e. The lowest BCUT2D eigenvalue weighted by Gasteiger charge is -2.30. The molecule has 0 aliphatic carbocycles. The van der Waals surface area contributed by atoms with Crippen LogP contribution < -0.4 is 5.32 Å². The maximum atomic E-state index is 13.2. The second-order valence-electron chi connectivity index (χ2n) is 8.12. The average molecular weight is 492 g/mol. The molecule has 2 aromatic rings. The summed E-state index contributed by atoms with van der Waals surface area (Å²) in [4.78, 5) is 39.7. The standard InChI is InChI=1S/C23H26ClN3O5S/c1-15(2)25-22(29)16(3)26(14-17-8-10-18(24)11-9-17)21(28)12-13-27-23(30)19-6-4-5-7-20(19)33(27,31)32/h4-11,15-16H,12-14H2,1-3H3,(H,25,29)/t16-/m0/s1. The van der Waals surface area contributed by atoms with E-state index in [-0.39, 0.29) is 41.9 Å². The second-order valence-corrected chi connectivity index (χ2v) is 10.4. The van der Waals surface area contributed by atoms with E-state index >= 15 is 0 Å². The van der Waals surface area contributed by atoms with Gasteiger partial charge in [0.15, 0.2) is 0 Å². The van der Waals surface area contributed by atoms with E-state index in [0.29, 0.717) is 5.02 Å². The van der Waals surface area contributed by atoms with E-state index in [1.807, 2.05) is 13.8 Å². The topological polar surface area (TPSA) is 104 Å². The summed E-state index contributed by atoms with van der Waals surface area (Å²) >= 11 is 5.94. The predicted molar refractivity (Wildman–Crippen MR) is 124 cm³/mol. The summed E-state index contributed by atoms with van der Waals surface area (Å²) < 4.78 is 26.3. The van der Waals surface area contributed by atoms with Gasteiger partial charge in [0.1, 0.15) is 10.9 Å². The molecule has 8 nitrogen and oxygen atoms in total. The molecule has 0 aromatic heterocycles. The number of rotatable bonds is 8. The molecule has 0 spiro atoms. The zero-order chi connectivity index (χ0) is 24.3. The fraction of sp³-hybridized carbons (Fsp3) is 0.348. The van der Waals surface area contributed by atoms with Gasteiger partial charge in [-0.2, -0.15) is 0 Å². The van der Waals surface area contributed by atoms with E-state index in [1.54, 1.807) is 43.3 Å². The highest BCUT2D eigenvalue weighted by molar-refractivity contribution is 7.90. The fourth-order valence-electron chi connectivity index (χ4n) is 3.57. The second kappa shape index (κ2) is 9.93. The predicted octanol–water partition coefficient (Wildman–Crippen LogP) is 2.82. The van der Waals surface area contributed by atoms with E-state index in [9.17, 15) is 22.8 Å². The molecule has 33 heavy (non-hydrogen) atoms. The van der Waals surface area contributed by atoms with Crippen molar-refractivity contribution in [1.29, 1.82) is 0 Å². The Hall–Kier alpha value is -2.91. The molecule has 0 saturated heterocycles. The molecule has 1 atom stereocenters. The summed E-state index contributed by atoms with van der Waals surface area (Å²) in [5.74, 6) is -1.44. The first-order valence-corrected chi connectivity index (χ1v) is 12.3. The van der Waals surface area contributed by atoms with Gasteiger partial charge in [-0.15, -0.1) is 0 Å². The van der Waals surface area contributed by atoms with Crippen LogP contribution in [0, 0.1) is 0 Å². The van der Waals surface area contributed by atoms with E-state index in [4.69, 9.17) is 11.6 Å². The molecule has 1 heterocycles. The minimum atomic E-state index is -4.01. The van der Waals surface area contributed by atoms with Crippen molar-refractivity contribution in [2.45, 2.75) is 50.7 Å². The maximum Gasteiger partial charge on any atom is 0.269 e. The van der Waals surface area contributed by atoms with Crippen LogP contribution >= 0.6 is 11.6 Å². The number of halogens is 1. The minimum absolute atomic E-state index is 0.0647.